The first-order valence-corrected chi connectivity index (χ1v) is 6.10. The standard InChI is InChI=1S/C11H13N7/c1-6-2-3-12-7(6)10-16-17-11-8-9(14-4-13-8)15-5-18(10)11/h4-7,12H,2-3H2,1H3,(H,13,14). The number of aromatic nitrogens is 6. The van der Waals surface area contributed by atoms with E-state index in [1.165, 1.54) is 6.42 Å². The molecule has 0 saturated carbocycles. The highest BCUT2D eigenvalue weighted by molar-refractivity contribution is 5.84. The van der Waals surface area contributed by atoms with Crippen LogP contribution in [-0.4, -0.2) is 36.1 Å². The third kappa shape index (κ3) is 1.22. The maximum Gasteiger partial charge on any atom is 0.189 e. The molecule has 7 heteroatoms. The molecule has 3 aromatic heterocycles. The molecule has 0 spiro atoms. The number of nitrogens with one attached hydrogen (secondary N) is 2. The summed E-state index contributed by atoms with van der Waals surface area (Å²) in [7, 11) is 0. The molecule has 1 saturated heterocycles. The number of hydrogen-bond acceptors (Lipinski definition) is 5. The van der Waals surface area contributed by atoms with Crippen LogP contribution in [0.25, 0.3) is 16.8 Å². The van der Waals surface area contributed by atoms with E-state index in [1.807, 2.05) is 4.40 Å². The Morgan fingerprint density at radius 1 is 1.33 bits per heavy atom. The van der Waals surface area contributed by atoms with Gasteiger partial charge in [-0.3, -0.25) is 4.40 Å². The van der Waals surface area contributed by atoms with Gasteiger partial charge in [0, 0.05) is 0 Å². The van der Waals surface area contributed by atoms with Crippen molar-refractivity contribution >= 4 is 16.8 Å². The van der Waals surface area contributed by atoms with E-state index in [9.17, 15) is 0 Å². The lowest BCUT2D eigenvalue weighted by atomic mass is 10.0. The zero-order valence-electron chi connectivity index (χ0n) is 9.96. The van der Waals surface area contributed by atoms with Gasteiger partial charge in [-0.15, -0.1) is 10.2 Å². The van der Waals surface area contributed by atoms with Crippen molar-refractivity contribution in [1.82, 2.24) is 34.9 Å². The SMILES string of the molecule is CC1CCNC1c1nnc2c3[nH]cnc3ncn12. The first-order chi connectivity index (χ1) is 8.84. The molecule has 18 heavy (non-hydrogen) atoms. The lowest BCUT2D eigenvalue weighted by molar-refractivity contribution is 0.475. The van der Waals surface area contributed by atoms with E-state index in [2.05, 4.69) is 37.4 Å². The van der Waals surface area contributed by atoms with Crippen LogP contribution in [0.3, 0.4) is 0 Å². The number of hydrogen-bond donors (Lipinski definition) is 2. The minimum absolute atomic E-state index is 0.252. The third-order valence-electron chi connectivity index (χ3n) is 3.67. The number of fused-ring (bicyclic) bond motifs is 3. The maximum atomic E-state index is 4.32. The quantitative estimate of drug-likeness (QED) is 0.656. The van der Waals surface area contributed by atoms with Gasteiger partial charge in [0.05, 0.1) is 12.4 Å². The van der Waals surface area contributed by atoms with Crippen molar-refractivity contribution in [3.05, 3.63) is 18.5 Å². The smallest absolute Gasteiger partial charge is 0.189 e. The number of imidazole rings is 1. The van der Waals surface area contributed by atoms with Crippen LogP contribution in [0, 0.1) is 5.92 Å². The second-order valence-electron chi connectivity index (χ2n) is 4.80. The summed E-state index contributed by atoms with van der Waals surface area (Å²) in [5.41, 5.74) is 2.30. The zero-order valence-corrected chi connectivity index (χ0v) is 9.96. The summed E-state index contributed by atoms with van der Waals surface area (Å²) in [5, 5.41) is 12.0. The summed E-state index contributed by atoms with van der Waals surface area (Å²) >= 11 is 0. The molecule has 4 rings (SSSR count). The van der Waals surface area contributed by atoms with E-state index < -0.39 is 0 Å². The molecule has 92 valence electrons. The van der Waals surface area contributed by atoms with Crippen LogP contribution in [0.2, 0.25) is 0 Å². The number of H-pyrrole nitrogens is 1. The molecular formula is C11H13N7. The maximum absolute atomic E-state index is 4.32. The lowest BCUT2D eigenvalue weighted by Gasteiger charge is -2.12. The highest BCUT2D eigenvalue weighted by atomic mass is 15.3. The Bertz CT molecular complexity index is 712. The predicted molar refractivity (Wildman–Crippen MR) is 65.0 cm³/mol. The van der Waals surface area contributed by atoms with Crippen LogP contribution < -0.4 is 5.32 Å². The van der Waals surface area contributed by atoms with Crippen molar-refractivity contribution in [2.45, 2.75) is 19.4 Å². The minimum Gasteiger partial charge on any atom is -0.340 e. The van der Waals surface area contributed by atoms with Gasteiger partial charge in [0.2, 0.25) is 0 Å². The summed E-state index contributed by atoms with van der Waals surface area (Å²) in [6, 6.07) is 0.252. The molecular weight excluding hydrogens is 230 g/mol. The van der Waals surface area contributed by atoms with Gasteiger partial charge in [-0.2, -0.15) is 0 Å². The molecule has 1 aliphatic rings. The van der Waals surface area contributed by atoms with Crippen LogP contribution in [0.15, 0.2) is 12.7 Å². The van der Waals surface area contributed by atoms with Gasteiger partial charge in [-0.25, -0.2) is 9.97 Å². The van der Waals surface area contributed by atoms with Gasteiger partial charge in [-0.1, -0.05) is 6.92 Å². The Morgan fingerprint density at radius 2 is 2.28 bits per heavy atom. The second kappa shape index (κ2) is 3.49. The molecule has 4 heterocycles. The fourth-order valence-electron chi connectivity index (χ4n) is 2.64. The summed E-state index contributed by atoms with van der Waals surface area (Å²) in [4.78, 5) is 11.5. The fraction of sp³-hybridized carbons (Fsp3) is 0.455. The van der Waals surface area contributed by atoms with Crippen molar-refractivity contribution in [3.63, 3.8) is 0 Å². The first-order valence-electron chi connectivity index (χ1n) is 6.10. The molecule has 0 aliphatic carbocycles. The van der Waals surface area contributed by atoms with Gasteiger partial charge >= 0.3 is 0 Å². The molecule has 0 bridgehead atoms. The highest BCUT2D eigenvalue weighted by Crippen LogP contribution is 2.28. The third-order valence-corrected chi connectivity index (χ3v) is 3.67. The van der Waals surface area contributed by atoms with Crippen molar-refractivity contribution in [3.8, 4) is 0 Å². The van der Waals surface area contributed by atoms with Crippen LogP contribution in [0.5, 0.6) is 0 Å². The summed E-state index contributed by atoms with van der Waals surface area (Å²) in [6.45, 7) is 3.26. The molecule has 0 radical (unpaired) electrons. The minimum atomic E-state index is 0.252. The second-order valence-corrected chi connectivity index (χ2v) is 4.80. The number of rotatable bonds is 1. The topological polar surface area (TPSA) is 83.8 Å². The van der Waals surface area contributed by atoms with Crippen LogP contribution >= 0.6 is 0 Å². The molecule has 1 fully saturated rings. The molecule has 2 N–H and O–H groups in total. The fourth-order valence-corrected chi connectivity index (χ4v) is 2.64. The van der Waals surface area contributed by atoms with Crippen molar-refractivity contribution in [1.29, 1.82) is 0 Å². The largest absolute Gasteiger partial charge is 0.340 e. The van der Waals surface area contributed by atoms with E-state index in [1.54, 1.807) is 12.7 Å². The lowest BCUT2D eigenvalue weighted by Crippen LogP contribution is -2.19. The van der Waals surface area contributed by atoms with Crippen molar-refractivity contribution < 1.29 is 0 Å². The molecule has 2 atom stereocenters. The van der Waals surface area contributed by atoms with E-state index >= 15 is 0 Å². The molecule has 7 nitrogen and oxygen atoms in total. The Kier molecular flexibility index (Phi) is 1.93. The normalized spacial score (nSPS) is 24.3. The Hall–Kier alpha value is -2.02. The zero-order chi connectivity index (χ0) is 12.1. The average molecular weight is 243 g/mol. The van der Waals surface area contributed by atoms with Gasteiger partial charge in [0.15, 0.2) is 17.1 Å². The number of aromatic amines is 1. The predicted octanol–water partition coefficient (Wildman–Crippen LogP) is 0.671. The molecule has 3 aromatic rings. The van der Waals surface area contributed by atoms with Crippen LogP contribution in [0.4, 0.5) is 0 Å². The van der Waals surface area contributed by atoms with Gasteiger partial charge < -0.3 is 10.3 Å². The summed E-state index contributed by atoms with van der Waals surface area (Å²) < 4.78 is 1.94. The van der Waals surface area contributed by atoms with Gasteiger partial charge in [0.25, 0.3) is 0 Å². The van der Waals surface area contributed by atoms with E-state index in [-0.39, 0.29) is 6.04 Å². The summed E-state index contributed by atoms with van der Waals surface area (Å²) in [5.74, 6) is 1.49. The highest BCUT2D eigenvalue weighted by Gasteiger charge is 2.28. The Balaban J connectivity index is 1.96. The van der Waals surface area contributed by atoms with Crippen molar-refractivity contribution in [2.24, 2.45) is 5.92 Å². The molecule has 2 unspecified atom stereocenters. The van der Waals surface area contributed by atoms with E-state index in [4.69, 9.17) is 0 Å². The number of nitrogens with zero attached hydrogens (tertiary/aromatic N) is 5. The van der Waals surface area contributed by atoms with E-state index in [0.717, 1.165) is 23.5 Å². The molecule has 0 aromatic carbocycles. The molecule has 0 amide bonds. The first kappa shape index (κ1) is 9.95. The van der Waals surface area contributed by atoms with Crippen molar-refractivity contribution in [2.75, 3.05) is 6.54 Å². The van der Waals surface area contributed by atoms with Gasteiger partial charge in [-0.05, 0) is 18.9 Å². The Labute approximate surface area is 103 Å². The van der Waals surface area contributed by atoms with E-state index in [0.29, 0.717) is 11.6 Å². The van der Waals surface area contributed by atoms with Crippen LogP contribution in [-0.2, 0) is 0 Å². The Morgan fingerprint density at radius 3 is 3.11 bits per heavy atom. The average Bonchev–Trinajstić information content (AvgIpc) is 3.04. The summed E-state index contributed by atoms with van der Waals surface area (Å²) in [6.07, 6.45) is 4.54. The van der Waals surface area contributed by atoms with Gasteiger partial charge in [0.1, 0.15) is 11.8 Å². The molecule has 1 aliphatic heterocycles. The monoisotopic (exact) mass is 243 g/mol. The van der Waals surface area contributed by atoms with Crippen LogP contribution in [0.1, 0.15) is 25.2 Å².